The number of hydrogen-bond acceptors (Lipinski definition) is 8. The summed E-state index contributed by atoms with van der Waals surface area (Å²) >= 11 is 0. The fourth-order valence-electron chi connectivity index (χ4n) is 3.47. The summed E-state index contributed by atoms with van der Waals surface area (Å²) in [6, 6.07) is 16.1. The molecule has 0 saturated heterocycles. The zero-order valence-corrected chi connectivity index (χ0v) is 18.7. The molecule has 0 bridgehead atoms. The molecule has 9 heteroatoms. The molecule has 1 aliphatic rings. The Morgan fingerprint density at radius 2 is 1.88 bits per heavy atom. The monoisotopic (exact) mass is 461 g/mol. The van der Waals surface area contributed by atoms with Crippen LogP contribution in [0.25, 0.3) is 0 Å². The van der Waals surface area contributed by atoms with Crippen LogP contribution in [0.4, 0.5) is 17.1 Å². The number of carbonyl (C=O) groups excluding carboxylic acids is 1. The quantitative estimate of drug-likeness (QED) is 0.359. The molecule has 34 heavy (non-hydrogen) atoms. The van der Waals surface area contributed by atoms with Gasteiger partial charge >= 0.3 is 0 Å². The third-order valence-corrected chi connectivity index (χ3v) is 5.22. The topological polar surface area (TPSA) is 122 Å². The molecule has 5 N–H and O–H groups in total. The summed E-state index contributed by atoms with van der Waals surface area (Å²) in [6.45, 7) is 5.92. The maximum atomic E-state index is 12.5. The average Bonchev–Trinajstić information content (AvgIpc) is 2.85. The summed E-state index contributed by atoms with van der Waals surface area (Å²) < 4.78 is 11.2. The Morgan fingerprint density at radius 3 is 2.62 bits per heavy atom. The molecule has 0 unspecified atom stereocenters. The van der Waals surface area contributed by atoms with E-state index in [0.717, 1.165) is 11.3 Å². The van der Waals surface area contributed by atoms with Crippen molar-refractivity contribution in [3.8, 4) is 11.5 Å². The number of nitrogens with two attached hydrogens (primary N) is 1. The smallest absolute Gasteiger partial charge is 0.274 e. The van der Waals surface area contributed by atoms with Crippen molar-refractivity contribution in [3.05, 3.63) is 84.5 Å². The molecule has 0 spiro atoms. The molecule has 4 rings (SSSR count). The molecule has 0 fully saturated rings. The number of anilines is 3. The summed E-state index contributed by atoms with van der Waals surface area (Å²) in [6.07, 6.45) is 1.63. The number of carbonyl (C=O) groups is 1. The van der Waals surface area contributed by atoms with Crippen molar-refractivity contribution < 1.29 is 19.4 Å². The van der Waals surface area contributed by atoms with Crippen LogP contribution in [0, 0.1) is 0 Å². The SMILES string of the molecule is C=C(Nc1ccc2c(c1)OCCO2)N(CCO)Cc1ccc(C(=O)Nc2ccccc2N)nc1. The van der Waals surface area contributed by atoms with Crippen molar-refractivity contribution in [1.29, 1.82) is 0 Å². The van der Waals surface area contributed by atoms with E-state index in [4.69, 9.17) is 15.2 Å². The van der Waals surface area contributed by atoms with Crippen LogP contribution in [0.15, 0.2) is 73.2 Å². The van der Waals surface area contributed by atoms with Crippen molar-refractivity contribution in [2.75, 3.05) is 42.7 Å². The lowest BCUT2D eigenvalue weighted by Crippen LogP contribution is -2.29. The number of nitrogens with zero attached hydrogens (tertiary/aromatic N) is 2. The first-order chi connectivity index (χ1) is 16.5. The first-order valence-corrected chi connectivity index (χ1v) is 10.9. The molecule has 0 atom stereocenters. The van der Waals surface area contributed by atoms with Crippen LogP contribution in [-0.2, 0) is 6.54 Å². The third kappa shape index (κ3) is 5.57. The van der Waals surface area contributed by atoms with Crippen molar-refractivity contribution >= 4 is 23.0 Å². The molecule has 176 valence electrons. The van der Waals surface area contributed by atoms with Gasteiger partial charge in [-0.2, -0.15) is 0 Å². The number of aliphatic hydroxyl groups is 1. The molecule has 0 radical (unpaired) electrons. The molecule has 9 nitrogen and oxygen atoms in total. The highest BCUT2D eigenvalue weighted by Gasteiger charge is 2.15. The third-order valence-electron chi connectivity index (χ3n) is 5.22. The van der Waals surface area contributed by atoms with Gasteiger partial charge in [-0.1, -0.05) is 24.8 Å². The minimum absolute atomic E-state index is 0.0474. The van der Waals surface area contributed by atoms with Gasteiger partial charge in [0.05, 0.1) is 23.8 Å². The minimum atomic E-state index is -0.346. The Hall–Kier alpha value is -4.24. The van der Waals surface area contributed by atoms with Gasteiger partial charge in [-0.25, -0.2) is 0 Å². The standard InChI is InChI=1S/C25H27N5O4/c1-17(28-19-7-9-23-24(14-19)34-13-12-33-23)30(10-11-31)16-18-6-8-22(27-15-18)25(32)29-21-5-3-2-4-20(21)26/h2-9,14-15,28,31H,1,10-13,16,26H2,(H,29,32). The van der Waals surface area contributed by atoms with E-state index in [2.05, 4.69) is 22.2 Å². The second-order valence-corrected chi connectivity index (χ2v) is 7.67. The number of benzene rings is 2. The summed E-state index contributed by atoms with van der Waals surface area (Å²) in [5.74, 6) is 1.64. The van der Waals surface area contributed by atoms with E-state index in [0.29, 0.717) is 55.0 Å². The van der Waals surface area contributed by atoms with Crippen LogP contribution in [0.3, 0.4) is 0 Å². The van der Waals surface area contributed by atoms with Crippen LogP contribution < -0.4 is 25.8 Å². The van der Waals surface area contributed by atoms with Crippen LogP contribution in [0.5, 0.6) is 11.5 Å². The van der Waals surface area contributed by atoms with Crippen LogP contribution >= 0.6 is 0 Å². The molecule has 0 saturated carbocycles. The van der Waals surface area contributed by atoms with Crippen molar-refractivity contribution in [2.45, 2.75) is 6.54 Å². The normalized spacial score (nSPS) is 12.0. The van der Waals surface area contributed by atoms with E-state index in [1.165, 1.54) is 0 Å². The van der Waals surface area contributed by atoms with E-state index in [1.807, 2.05) is 29.2 Å². The second kappa shape index (κ2) is 10.6. The van der Waals surface area contributed by atoms with Crippen LogP contribution in [-0.4, -0.2) is 47.3 Å². The van der Waals surface area contributed by atoms with Gasteiger partial charge < -0.3 is 35.8 Å². The zero-order chi connectivity index (χ0) is 23.9. The van der Waals surface area contributed by atoms with Gasteiger partial charge in [-0.15, -0.1) is 0 Å². The Morgan fingerprint density at radius 1 is 1.09 bits per heavy atom. The van der Waals surface area contributed by atoms with E-state index < -0.39 is 0 Å². The van der Waals surface area contributed by atoms with Gasteiger partial charge in [0.25, 0.3) is 5.91 Å². The Bertz CT molecular complexity index is 1170. The molecule has 2 aromatic carbocycles. The maximum Gasteiger partial charge on any atom is 0.274 e. The molecule has 1 aliphatic heterocycles. The predicted molar refractivity (Wildman–Crippen MR) is 131 cm³/mol. The molecule has 1 aromatic heterocycles. The Labute approximate surface area is 197 Å². The van der Waals surface area contributed by atoms with Crippen LogP contribution in [0.2, 0.25) is 0 Å². The summed E-state index contributed by atoms with van der Waals surface area (Å²) in [5, 5.41) is 15.6. The molecule has 1 amide bonds. The summed E-state index contributed by atoms with van der Waals surface area (Å²) in [5.41, 5.74) is 8.82. The Balaban J connectivity index is 1.39. The lowest BCUT2D eigenvalue weighted by atomic mass is 10.2. The predicted octanol–water partition coefficient (Wildman–Crippen LogP) is 3.06. The van der Waals surface area contributed by atoms with E-state index in [9.17, 15) is 9.90 Å². The molecular weight excluding hydrogens is 434 g/mol. The van der Waals surface area contributed by atoms with Gasteiger partial charge in [0.15, 0.2) is 11.5 Å². The molecule has 2 heterocycles. The number of pyridine rings is 1. The van der Waals surface area contributed by atoms with E-state index >= 15 is 0 Å². The zero-order valence-electron chi connectivity index (χ0n) is 18.7. The second-order valence-electron chi connectivity index (χ2n) is 7.67. The number of hydrogen-bond donors (Lipinski definition) is 4. The number of aliphatic hydroxyl groups excluding tert-OH is 1. The van der Waals surface area contributed by atoms with Crippen LogP contribution in [0.1, 0.15) is 16.1 Å². The van der Waals surface area contributed by atoms with E-state index in [1.54, 1.807) is 36.5 Å². The summed E-state index contributed by atoms with van der Waals surface area (Å²) in [7, 11) is 0. The first kappa shape index (κ1) is 22.9. The number of amides is 1. The number of fused-ring (bicyclic) bond motifs is 1. The highest BCUT2D eigenvalue weighted by Crippen LogP contribution is 2.33. The molecular formula is C25H27N5O4. The highest BCUT2D eigenvalue weighted by atomic mass is 16.6. The molecule has 3 aromatic rings. The van der Waals surface area contributed by atoms with Gasteiger partial charge in [0.2, 0.25) is 0 Å². The minimum Gasteiger partial charge on any atom is -0.486 e. The van der Waals surface area contributed by atoms with E-state index in [-0.39, 0.29) is 18.2 Å². The lowest BCUT2D eigenvalue weighted by molar-refractivity contribution is 0.102. The lowest BCUT2D eigenvalue weighted by Gasteiger charge is -2.27. The first-order valence-electron chi connectivity index (χ1n) is 10.9. The maximum absolute atomic E-state index is 12.5. The Kier molecular flexibility index (Phi) is 7.14. The van der Waals surface area contributed by atoms with Crippen molar-refractivity contribution in [1.82, 2.24) is 9.88 Å². The number of nitrogens with one attached hydrogen (secondary N) is 2. The average molecular weight is 462 g/mol. The van der Waals surface area contributed by atoms with Gasteiger partial charge in [0, 0.05) is 31.0 Å². The van der Waals surface area contributed by atoms with Crippen molar-refractivity contribution in [2.24, 2.45) is 0 Å². The number of aromatic nitrogens is 1. The molecule has 0 aliphatic carbocycles. The number of nitrogen functional groups attached to an aromatic ring is 1. The summed E-state index contributed by atoms with van der Waals surface area (Å²) in [4.78, 5) is 18.7. The van der Waals surface area contributed by atoms with Gasteiger partial charge in [-0.05, 0) is 35.9 Å². The van der Waals surface area contributed by atoms with Gasteiger partial charge in [-0.3, -0.25) is 9.78 Å². The number of ether oxygens (including phenoxy) is 2. The number of rotatable bonds is 9. The van der Waals surface area contributed by atoms with Gasteiger partial charge in [0.1, 0.15) is 18.9 Å². The number of para-hydroxylation sites is 2. The van der Waals surface area contributed by atoms with Crippen molar-refractivity contribution in [3.63, 3.8) is 0 Å². The fourth-order valence-corrected chi connectivity index (χ4v) is 3.47. The fraction of sp³-hybridized carbons (Fsp3) is 0.200. The highest BCUT2D eigenvalue weighted by molar-refractivity contribution is 6.04. The largest absolute Gasteiger partial charge is 0.486 e.